The first-order valence-electron chi connectivity index (χ1n) is 9.70. The first-order valence-corrected chi connectivity index (χ1v) is 10.5. The van der Waals surface area contributed by atoms with Crippen LogP contribution in [0.1, 0.15) is 12.8 Å². The summed E-state index contributed by atoms with van der Waals surface area (Å²) in [5.74, 6) is 0. The van der Waals surface area contributed by atoms with Gasteiger partial charge in [-0.05, 0) is 36.6 Å². The Morgan fingerprint density at radius 1 is 0.893 bits per heavy atom. The van der Waals surface area contributed by atoms with E-state index in [1.165, 1.54) is 36.9 Å². The van der Waals surface area contributed by atoms with E-state index in [0.717, 1.165) is 24.2 Å². The van der Waals surface area contributed by atoms with Gasteiger partial charge >= 0.3 is 0 Å². The minimum Gasteiger partial charge on any atom is -0.355 e. The van der Waals surface area contributed by atoms with Crippen molar-refractivity contribution in [2.24, 2.45) is 5.73 Å². The largest absolute Gasteiger partial charge is 0.355 e. The maximum absolute atomic E-state index is 5.88. The molecule has 28 heavy (non-hydrogen) atoms. The number of hydrogen-bond acceptors (Lipinski definition) is 3. The van der Waals surface area contributed by atoms with Crippen LogP contribution in [0.5, 0.6) is 0 Å². The summed E-state index contributed by atoms with van der Waals surface area (Å²) in [5.41, 5.74) is 12.0. The molecule has 0 bridgehead atoms. The van der Waals surface area contributed by atoms with E-state index in [2.05, 4.69) is 84.2 Å². The van der Waals surface area contributed by atoms with E-state index in [1.807, 2.05) is 11.3 Å². The first-order chi connectivity index (χ1) is 13.8. The molecular weight excluding hydrogens is 360 g/mol. The number of hydrogen-bond donors (Lipinski definition) is 2. The molecule has 1 heterocycles. The van der Waals surface area contributed by atoms with Gasteiger partial charge < -0.3 is 11.1 Å². The average Bonchev–Trinajstić information content (AvgIpc) is 3.13. The highest BCUT2D eigenvalue weighted by molar-refractivity contribution is 7.26. The second kappa shape index (κ2) is 7.27. The Hall–Kier alpha value is -2.88. The van der Waals surface area contributed by atoms with Crippen LogP contribution in [0.3, 0.4) is 0 Å². The molecule has 0 unspecified atom stereocenters. The zero-order valence-electron chi connectivity index (χ0n) is 15.6. The van der Waals surface area contributed by atoms with E-state index in [4.69, 9.17) is 5.73 Å². The molecule has 0 amide bonds. The zero-order chi connectivity index (χ0) is 18.9. The van der Waals surface area contributed by atoms with E-state index in [-0.39, 0.29) is 0 Å². The second-order valence-corrected chi connectivity index (χ2v) is 8.21. The molecule has 3 N–H and O–H groups in total. The van der Waals surface area contributed by atoms with Crippen molar-refractivity contribution in [1.29, 1.82) is 0 Å². The van der Waals surface area contributed by atoms with Crippen molar-refractivity contribution in [2.45, 2.75) is 12.8 Å². The summed E-state index contributed by atoms with van der Waals surface area (Å²) in [6, 6.07) is 23.8. The zero-order valence-corrected chi connectivity index (χ0v) is 16.4. The molecule has 3 aromatic carbocycles. The summed E-state index contributed by atoms with van der Waals surface area (Å²) in [6.45, 7) is 0.625. The van der Waals surface area contributed by atoms with Gasteiger partial charge in [-0.3, -0.25) is 0 Å². The Balaban J connectivity index is 1.72. The Morgan fingerprint density at radius 2 is 1.71 bits per heavy atom. The first kappa shape index (κ1) is 17.2. The van der Waals surface area contributed by atoms with E-state index in [1.54, 1.807) is 0 Å². The topological polar surface area (TPSA) is 38.0 Å². The van der Waals surface area contributed by atoms with Gasteiger partial charge in [0.15, 0.2) is 0 Å². The number of thiophene rings is 1. The molecular formula is C25H22N2S. The van der Waals surface area contributed by atoms with Gasteiger partial charge in [-0.2, -0.15) is 0 Å². The van der Waals surface area contributed by atoms with E-state index in [0.29, 0.717) is 6.54 Å². The minimum atomic E-state index is 0.625. The molecule has 0 spiro atoms. The van der Waals surface area contributed by atoms with Crippen molar-refractivity contribution < 1.29 is 0 Å². The molecule has 0 radical (unpaired) electrons. The van der Waals surface area contributed by atoms with Crippen molar-refractivity contribution in [2.75, 3.05) is 11.9 Å². The molecule has 0 saturated heterocycles. The number of anilines is 1. The molecule has 1 aliphatic rings. The van der Waals surface area contributed by atoms with Crippen LogP contribution in [0, 0.1) is 0 Å². The third-order valence-electron chi connectivity index (χ3n) is 5.34. The Morgan fingerprint density at radius 3 is 2.57 bits per heavy atom. The number of nitrogens with one attached hydrogen (secondary N) is 1. The normalized spacial score (nSPS) is 14.2. The monoisotopic (exact) mass is 382 g/mol. The number of allylic oxidation sites excluding steroid dienone is 2. The predicted molar refractivity (Wildman–Crippen MR) is 123 cm³/mol. The molecule has 0 fully saturated rings. The summed E-state index contributed by atoms with van der Waals surface area (Å²) in [4.78, 5) is 0. The third-order valence-corrected chi connectivity index (χ3v) is 6.54. The standard InChI is InChI=1S/C25H22N2S/c26-16-17-7-6-10-19(15-17)27-22-14-13-21-20-11-4-5-12-23(20)28-25(21)24(22)18-8-2-1-3-9-18/h1-5,8-15,27H,6-7,16,26H2. The maximum atomic E-state index is 5.88. The SMILES string of the molecule is NCC1=CC(Nc2ccc3c(sc4ccccc43)c2-c2ccccc2)=CCC1. The van der Waals surface area contributed by atoms with Crippen LogP contribution in [0.4, 0.5) is 5.69 Å². The lowest BCUT2D eigenvalue weighted by Crippen LogP contribution is -2.09. The highest BCUT2D eigenvalue weighted by Crippen LogP contribution is 2.44. The summed E-state index contributed by atoms with van der Waals surface area (Å²) in [6.07, 6.45) is 6.57. The van der Waals surface area contributed by atoms with Crippen molar-refractivity contribution in [3.63, 3.8) is 0 Å². The van der Waals surface area contributed by atoms with Crippen LogP contribution < -0.4 is 11.1 Å². The number of rotatable bonds is 4. The van der Waals surface area contributed by atoms with E-state index in [9.17, 15) is 0 Å². The minimum absolute atomic E-state index is 0.625. The van der Waals surface area contributed by atoms with Gasteiger partial charge in [-0.1, -0.05) is 66.2 Å². The van der Waals surface area contributed by atoms with Crippen LogP contribution in [0.15, 0.2) is 90.2 Å². The van der Waals surface area contributed by atoms with E-state index >= 15 is 0 Å². The molecule has 5 rings (SSSR count). The van der Waals surface area contributed by atoms with Crippen molar-refractivity contribution in [1.82, 2.24) is 0 Å². The lowest BCUT2D eigenvalue weighted by molar-refractivity contribution is 0.904. The van der Waals surface area contributed by atoms with Gasteiger partial charge in [0.2, 0.25) is 0 Å². The molecule has 2 nitrogen and oxygen atoms in total. The van der Waals surface area contributed by atoms with Gasteiger partial charge in [0, 0.05) is 43.7 Å². The molecule has 0 atom stereocenters. The van der Waals surface area contributed by atoms with Crippen LogP contribution in [-0.2, 0) is 0 Å². The Bertz CT molecular complexity index is 1220. The van der Waals surface area contributed by atoms with Crippen LogP contribution in [0.2, 0.25) is 0 Å². The molecule has 0 aliphatic heterocycles. The second-order valence-electron chi connectivity index (χ2n) is 7.16. The number of nitrogens with two attached hydrogens (primary N) is 1. The van der Waals surface area contributed by atoms with Crippen molar-refractivity contribution in [3.05, 3.63) is 90.2 Å². The fourth-order valence-corrected chi connectivity index (χ4v) is 5.22. The average molecular weight is 383 g/mol. The number of benzene rings is 3. The summed E-state index contributed by atoms with van der Waals surface area (Å²) < 4.78 is 2.66. The molecule has 1 aliphatic carbocycles. The predicted octanol–water partition coefficient (Wildman–Crippen LogP) is 6.70. The quantitative estimate of drug-likeness (QED) is 0.412. The third kappa shape index (κ3) is 3.03. The lowest BCUT2D eigenvalue weighted by Gasteiger charge is -2.18. The van der Waals surface area contributed by atoms with E-state index < -0.39 is 0 Å². The summed E-state index contributed by atoms with van der Waals surface area (Å²) >= 11 is 1.87. The van der Waals surface area contributed by atoms with Crippen molar-refractivity contribution in [3.8, 4) is 11.1 Å². The molecule has 4 aromatic rings. The number of fused-ring (bicyclic) bond motifs is 3. The van der Waals surface area contributed by atoms with Gasteiger partial charge in [0.25, 0.3) is 0 Å². The van der Waals surface area contributed by atoms with Crippen molar-refractivity contribution >= 4 is 37.2 Å². The maximum Gasteiger partial charge on any atom is 0.0478 e. The molecule has 3 heteroatoms. The Labute approximate surface area is 169 Å². The fourth-order valence-electron chi connectivity index (χ4n) is 3.95. The fraction of sp³-hybridized carbons (Fsp3) is 0.120. The summed E-state index contributed by atoms with van der Waals surface area (Å²) in [7, 11) is 0. The summed E-state index contributed by atoms with van der Waals surface area (Å²) in [5, 5.41) is 6.33. The lowest BCUT2D eigenvalue weighted by atomic mass is 9.99. The van der Waals surface area contributed by atoms with Crippen LogP contribution >= 0.6 is 11.3 Å². The highest BCUT2D eigenvalue weighted by atomic mass is 32.1. The van der Waals surface area contributed by atoms with Crippen LogP contribution in [-0.4, -0.2) is 6.54 Å². The smallest absolute Gasteiger partial charge is 0.0478 e. The Kier molecular flexibility index (Phi) is 4.47. The molecule has 0 saturated carbocycles. The highest BCUT2D eigenvalue weighted by Gasteiger charge is 2.15. The molecule has 138 valence electrons. The van der Waals surface area contributed by atoms with Gasteiger partial charge in [-0.15, -0.1) is 11.3 Å². The van der Waals surface area contributed by atoms with Crippen LogP contribution in [0.25, 0.3) is 31.3 Å². The van der Waals surface area contributed by atoms with Gasteiger partial charge in [0.05, 0.1) is 0 Å². The van der Waals surface area contributed by atoms with Gasteiger partial charge in [0.1, 0.15) is 0 Å². The van der Waals surface area contributed by atoms with Gasteiger partial charge in [-0.25, -0.2) is 0 Å². The molecule has 1 aromatic heterocycles.